The molecule has 0 aliphatic rings. The van der Waals surface area contributed by atoms with Gasteiger partial charge < -0.3 is 4.42 Å². The molecule has 1 aromatic heterocycles. The lowest BCUT2D eigenvalue weighted by Crippen LogP contribution is -2.30. The van der Waals surface area contributed by atoms with Gasteiger partial charge in [0.2, 0.25) is 0 Å². The molecule has 0 radical (unpaired) electrons. The van der Waals surface area contributed by atoms with Crippen molar-refractivity contribution in [3.8, 4) is 0 Å². The van der Waals surface area contributed by atoms with Crippen molar-refractivity contribution in [3.05, 3.63) is 71.5 Å². The predicted molar refractivity (Wildman–Crippen MR) is 71.7 cm³/mol. The Hall–Kier alpha value is -2.24. The van der Waals surface area contributed by atoms with Crippen molar-refractivity contribution in [2.24, 2.45) is 5.84 Å². The maximum atomic E-state index is 13.9. The number of hydrogen-bond acceptors (Lipinski definition) is 3. The van der Waals surface area contributed by atoms with Crippen molar-refractivity contribution in [1.29, 1.82) is 0 Å². The Bertz CT molecular complexity index is 734. The van der Waals surface area contributed by atoms with Gasteiger partial charge in [0.05, 0.1) is 12.3 Å². The fourth-order valence-corrected chi connectivity index (χ4v) is 2.34. The SMILES string of the molecule is NNC(c1c(F)cccc1F)c1coc2ccccc12. The fraction of sp³-hybridized carbons (Fsp3) is 0.0667. The van der Waals surface area contributed by atoms with Gasteiger partial charge in [-0.15, -0.1) is 0 Å². The zero-order valence-electron chi connectivity index (χ0n) is 10.4. The van der Waals surface area contributed by atoms with Crippen molar-refractivity contribution < 1.29 is 13.2 Å². The van der Waals surface area contributed by atoms with E-state index in [9.17, 15) is 8.78 Å². The number of hydrazine groups is 1. The molecule has 5 heteroatoms. The second-order valence-corrected chi connectivity index (χ2v) is 4.42. The molecule has 0 aliphatic heterocycles. The van der Waals surface area contributed by atoms with Crippen LogP contribution in [0.5, 0.6) is 0 Å². The third-order valence-corrected chi connectivity index (χ3v) is 3.28. The van der Waals surface area contributed by atoms with Gasteiger partial charge >= 0.3 is 0 Å². The van der Waals surface area contributed by atoms with Gasteiger partial charge in [-0.25, -0.2) is 14.2 Å². The molecule has 2 aromatic carbocycles. The summed E-state index contributed by atoms with van der Waals surface area (Å²) in [5.74, 6) is 4.19. The molecule has 3 aromatic rings. The summed E-state index contributed by atoms with van der Waals surface area (Å²) in [6.07, 6.45) is 1.46. The van der Waals surface area contributed by atoms with Crippen molar-refractivity contribution in [2.45, 2.75) is 6.04 Å². The van der Waals surface area contributed by atoms with E-state index in [0.29, 0.717) is 11.1 Å². The molecule has 1 heterocycles. The number of furan rings is 1. The van der Waals surface area contributed by atoms with Gasteiger partial charge in [0, 0.05) is 16.5 Å². The van der Waals surface area contributed by atoms with E-state index >= 15 is 0 Å². The van der Waals surface area contributed by atoms with E-state index in [0.717, 1.165) is 5.39 Å². The molecule has 102 valence electrons. The summed E-state index contributed by atoms with van der Waals surface area (Å²) in [5, 5.41) is 0.762. The maximum absolute atomic E-state index is 13.9. The molecular formula is C15H12F2N2O. The van der Waals surface area contributed by atoms with Crippen LogP contribution >= 0.6 is 0 Å². The quantitative estimate of drug-likeness (QED) is 0.569. The minimum absolute atomic E-state index is 0.124. The summed E-state index contributed by atoms with van der Waals surface area (Å²) in [4.78, 5) is 0. The van der Waals surface area contributed by atoms with Crippen LogP contribution in [0.15, 0.2) is 53.1 Å². The Kier molecular flexibility index (Phi) is 3.22. The number of halogens is 2. The third-order valence-electron chi connectivity index (χ3n) is 3.28. The average molecular weight is 274 g/mol. The Morgan fingerprint density at radius 3 is 2.40 bits per heavy atom. The Morgan fingerprint density at radius 2 is 1.70 bits per heavy atom. The first-order valence-corrected chi connectivity index (χ1v) is 6.08. The monoisotopic (exact) mass is 274 g/mol. The summed E-state index contributed by atoms with van der Waals surface area (Å²) < 4.78 is 33.2. The second kappa shape index (κ2) is 5.03. The van der Waals surface area contributed by atoms with Gasteiger partial charge in [-0.05, 0) is 18.2 Å². The van der Waals surface area contributed by atoms with Crippen LogP contribution in [-0.4, -0.2) is 0 Å². The molecule has 1 atom stereocenters. The molecule has 20 heavy (non-hydrogen) atoms. The fourth-order valence-electron chi connectivity index (χ4n) is 2.34. The Labute approximate surface area is 114 Å². The molecule has 3 nitrogen and oxygen atoms in total. The first-order valence-electron chi connectivity index (χ1n) is 6.08. The zero-order chi connectivity index (χ0) is 14.1. The zero-order valence-corrected chi connectivity index (χ0v) is 10.4. The molecule has 0 amide bonds. The van der Waals surface area contributed by atoms with Crippen LogP contribution in [0.3, 0.4) is 0 Å². The highest BCUT2D eigenvalue weighted by Crippen LogP contribution is 2.32. The van der Waals surface area contributed by atoms with Crippen LogP contribution in [0.2, 0.25) is 0 Å². The molecule has 0 saturated heterocycles. The highest BCUT2D eigenvalue weighted by Gasteiger charge is 2.24. The molecule has 1 unspecified atom stereocenters. The van der Waals surface area contributed by atoms with Crippen LogP contribution in [0.25, 0.3) is 11.0 Å². The Morgan fingerprint density at radius 1 is 1.00 bits per heavy atom. The van der Waals surface area contributed by atoms with E-state index in [1.807, 2.05) is 18.2 Å². The molecule has 0 aliphatic carbocycles. The van der Waals surface area contributed by atoms with Crippen LogP contribution in [0.1, 0.15) is 17.2 Å². The largest absolute Gasteiger partial charge is 0.464 e. The summed E-state index contributed by atoms with van der Waals surface area (Å²) in [6, 6.07) is 10.1. The first-order chi connectivity index (χ1) is 9.72. The summed E-state index contributed by atoms with van der Waals surface area (Å²) in [6.45, 7) is 0. The molecule has 3 rings (SSSR count). The van der Waals surface area contributed by atoms with E-state index < -0.39 is 17.7 Å². The number of nitrogens with two attached hydrogens (primary N) is 1. The molecule has 0 fully saturated rings. The van der Waals surface area contributed by atoms with Crippen LogP contribution in [0, 0.1) is 11.6 Å². The minimum atomic E-state index is -0.820. The van der Waals surface area contributed by atoms with Gasteiger partial charge in [-0.3, -0.25) is 5.84 Å². The van der Waals surface area contributed by atoms with E-state index in [4.69, 9.17) is 10.3 Å². The van der Waals surface area contributed by atoms with E-state index in [-0.39, 0.29) is 5.56 Å². The smallest absolute Gasteiger partial charge is 0.134 e. The number of benzene rings is 2. The molecule has 0 spiro atoms. The van der Waals surface area contributed by atoms with Gasteiger partial charge in [0.1, 0.15) is 17.2 Å². The summed E-state index contributed by atoms with van der Waals surface area (Å²) >= 11 is 0. The lowest BCUT2D eigenvalue weighted by Gasteiger charge is -2.16. The van der Waals surface area contributed by atoms with Gasteiger partial charge in [0.25, 0.3) is 0 Å². The van der Waals surface area contributed by atoms with Crippen LogP contribution in [0.4, 0.5) is 8.78 Å². The first kappa shape index (κ1) is 12.8. The molecule has 3 N–H and O–H groups in total. The van der Waals surface area contributed by atoms with Gasteiger partial charge in [0.15, 0.2) is 0 Å². The minimum Gasteiger partial charge on any atom is -0.464 e. The average Bonchev–Trinajstić information content (AvgIpc) is 2.87. The second-order valence-electron chi connectivity index (χ2n) is 4.42. The number of para-hydroxylation sites is 1. The number of hydrogen-bond donors (Lipinski definition) is 2. The number of fused-ring (bicyclic) bond motifs is 1. The summed E-state index contributed by atoms with van der Waals surface area (Å²) in [5.41, 5.74) is 3.56. The normalized spacial score (nSPS) is 12.8. The third kappa shape index (κ3) is 1.97. The van der Waals surface area contributed by atoms with Gasteiger partial charge in [-0.1, -0.05) is 24.3 Å². The molecular weight excluding hydrogens is 262 g/mol. The van der Waals surface area contributed by atoms with Crippen molar-refractivity contribution in [1.82, 2.24) is 5.43 Å². The predicted octanol–water partition coefficient (Wildman–Crippen LogP) is 3.26. The lowest BCUT2D eigenvalue weighted by atomic mass is 9.98. The number of nitrogens with one attached hydrogen (secondary N) is 1. The number of rotatable bonds is 3. The summed E-state index contributed by atoms with van der Waals surface area (Å²) in [7, 11) is 0. The van der Waals surface area contributed by atoms with Gasteiger partial charge in [-0.2, -0.15) is 0 Å². The highest BCUT2D eigenvalue weighted by atomic mass is 19.1. The topological polar surface area (TPSA) is 51.2 Å². The van der Waals surface area contributed by atoms with Crippen molar-refractivity contribution >= 4 is 11.0 Å². The van der Waals surface area contributed by atoms with E-state index in [1.54, 1.807) is 6.07 Å². The highest BCUT2D eigenvalue weighted by molar-refractivity contribution is 5.81. The van der Waals surface area contributed by atoms with Crippen molar-refractivity contribution in [3.63, 3.8) is 0 Å². The van der Waals surface area contributed by atoms with E-state index in [1.165, 1.54) is 24.5 Å². The van der Waals surface area contributed by atoms with E-state index in [2.05, 4.69) is 5.43 Å². The molecule has 0 bridgehead atoms. The maximum Gasteiger partial charge on any atom is 0.134 e. The van der Waals surface area contributed by atoms with Crippen molar-refractivity contribution in [2.75, 3.05) is 0 Å². The lowest BCUT2D eigenvalue weighted by molar-refractivity contribution is 0.507. The van der Waals surface area contributed by atoms with Crippen LogP contribution in [-0.2, 0) is 0 Å². The standard InChI is InChI=1S/C15H12F2N2O/c16-11-5-3-6-12(17)14(11)15(19-18)10-8-20-13-7-2-1-4-9(10)13/h1-8,15,19H,18H2. The molecule has 0 saturated carbocycles. The Balaban J connectivity index is 2.20. The van der Waals surface area contributed by atoms with Crippen LogP contribution < -0.4 is 11.3 Å².